The molecular weight excluding hydrogens is 612 g/mol. The summed E-state index contributed by atoms with van der Waals surface area (Å²) in [5, 5.41) is 10.8. The van der Waals surface area contributed by atoms with Gasteiger partial charge in [-0.3, -0.25) is 9.79 Å². The predicted molar refractivity (Wildman–Crippen MR) is 148 cm³/mol. The molecule has 0 fully saturated rings. The molecule has 0 bridgehead atoms. The number of amidine groups is 1. The van der Waals surface area contributed by atoms with Crippen LogP contribution >= 0.6 is 23.2 Å². The molecule has 0 aliphatic carbocycles. The van der Waals surface area contributed by atoms with Gasteiger partial charge in [-0.25, -0.2) is 13.2 Å². The van der Waals surface area contributed by atoms with Gasteiger partial charge in [-0.05, 0) is 30.2 Å². The number of benzene rings is 2. The lowest BCUT2D eigenvalue weighted by atomic mass is 10.1. The van der Waals surface area contributed by atoms with Crippen LogP contribution in [0.2, 0.25) is 10.0 Å². The van der Waals surface area contributed by atoms with Crippen molar-refractivity contribution in [1.29, 1.82) is 0 Å². The number of carboxylic acid groups (broad SMARTS) is 1. The zero-order chi connectivity index (χ0) is 31.0. The van der Waals surface area contributed by atoms with Crippen molar-refractivity contribution in [3.8, 4) is 0 Å². The number of carbonyl (C=O) groups excluding carboxylic acids is 1. The molecule has 1 aliphatic heterocycles. The molecule has 0 saturated carbocycles. The van der Waals surface area contributed by atoms with Crippen molar-refractivity contribution < 1.29 is 41.0 Å². The number of alkyl halides is 3. The molecule has 1 aliphatic rings. The average molecular weight is 641 g/mol. The Bertz CT molecular complexity index is 1370. The van der Waals surface area contributed by atoms with Crippen LogP contribution in [0.5, 0.6) is 0 Å². The third-order valence-corrected chi connectivity index (χ3v) is 8.65. The Kier molecular flexibility index (Phi) is 12.4. The van der Waals surface area contributed by atoms with E-state index in [1.165, 1.54) is 19.2 Å². The van der Waals surface area contributed by atoms with E-state index in [-0.39, 0.29) is 35.6 Å². The highest BCUT2D eigenvalue weighted by Gasteiger charge is 2.38. The molecule has 2 aromatic rings. The number of aliphatic carboxylic acids is 1. The minimum atomic E-state index is -5.08. The van der Waals surface area contributed by atoms with Gasteiger partial charge in [-0.15, -0.1) is 0 Å². The highest BCUT2D eigenvalue weighted by Crippen LogP contribution is 2.31. The molecular formula is C25H29Cl2F3N4O6S. The van der Waals surface area contributed by atoms with Gasteiger partial charge in [-0.1, -0.05) is 47.5 Å². The number of nitrogens with one attached hydrogen (secondary N) is 1. The van der Waals surface area contributed by atoms with Crippen LogP contribution < -0.4 is 5.32 Å². The average Bonchev–Trinajstić information content (AvgIpc) is 3.44. The van der Waals surface area contributed by atoms with Gasteiger partial charge in [0.05, 0.1) is 18.2 Å². The van der Waals surface area contributed by atoms with E-state index in [1.807, 2.05) is 24.3 Å². The zero-order valence-electron chi connectivity index (χ0n) is 22.3. The summed E-state index contributed by atoms with van der Waals surface area (Å²) < 4.78 is 64.0. The van der Waals surface area contributed by atoms with Crippen LogP contribution in [0.1, 0.15) is 16.7 Å². The van der Waals surface area contributed by atoms with Crippen molar-refractivity contribution in [2.75, 3.05) is 46.9 Å². The smallest absolute Gasteiger partial charge is 0.475 e. The number of amides is 1. The second-order valence-corrected chi connectivity index (χ2v) is 11.6. The van der Waals surface area contributed by atoms with E-state index in [4.69, 9.17) is 37.8 Å². The molecule has 1 amide bonds. The molecule has 16 heteroatoms. The molecule has 0 aromatic heterocycles. The van der Waals surface area contributed by atoms with Gasteiger partial charge in [-0.2, -0.15) is 17.5 Å². The van der Waals surface area contributed by atoms with Gasteiger partial charge >= 0.3 is 12.1 Å². The summed E-state index contributed by atoms with van der Waals surface area (Å²) in [5.41, 5.74) is 2.51. The summed E-state index contributed by atoms with van der Waals surface area (Å²) in [7, 11) is -0.690. The number of hydrogen-bond acceptors (Lipinski definition) is 7. The van der Waals surface area contributed by atoms with Gasteiger partial charge in [0.1, 0.15) is 17.3 Å². The summed E-state index contributed by atoms with van der Waals surface area (Å²) in [4.78, 5) is 27.2. The molecule has 0 radical (unpaired) electrons. The molecule has 0 saturated heterocycles. The van der Waals surface area contributed by atoms with Crippen molar-refractivity contribution in [2.24, 2.45) is 4.99 Å². The maximum atomic E-state index is 12.8. The first-order valence-electron chi connectivity index (χ1n) is 12.0. The van der Waals surface area contributed by atoms with Crippen LogP contribution in [0, 0.1) is 6.92 Å². The van der Waals surface area contributed by atoms with Crippen LogP contribution in [0.4, 0.5) is 13.2 Å². The number of aliphatic imine (C=N–C) groups is 1. The van der Waals surface area contributed by atoms with E-state index in [9.17, 15) is 26.4 Å². The number of ether oxygens (including phenoxy) is 1. The molecule has 0 unspecified atom stereocenters. The molecule has 0 atom stereocenters. The fourth-order valence-electron chi connectivity index (χ4n) is 3.31. The highest BCUT2D eigenvalue weighted by atomic mass is 35.5. The van der Waals surface area contributed by atoms with Gasteiger partial charge in [0.2, 0.25) is 15.9 Å². The molecule has 3 rings (SSSR count). The summed E-state index contributed by atoms with van der Waals surface area (Å²) in [6.07, 6.45) is -5.08. The lowest BCUT2D eigenvalue weighted by Gasteiger charge is -2.20. The molecule has 0 spiro atoms. The van der Waals surface area contributed by atoms with Gasteiger partial charge in [0, 0.05) is 44.3 Å². The van der Waals surface area contributed by atoms with Crippen molar-refractivity contribution >= 4 is 50.9 Å². The minimum Gasteiger partial charge on any atom is -0.475 e. The molecule has 41 heavy (non-hydrogen) atoms. The number of carboxylic acids is 1. The maximum absolute atomic E-state index is 12.8. The lowest BCUT2D eigenvalue weighted by molar-refractivity contribution is -0.192. The third kappa shape index (κ3) is 9.85. The summed E-state index contributed by atoms with van der Waals surface area (Å²) in [6.45, 7) is 3.70. The Hall–Kier alpha value is -2.91. The Labute approximate surface area is 245 Å². The van der Waals surface area contributed by atoms with E-state index < -0.39 is 22.2 Å². The number of nitrogens with zero attached hydrogens (tertiary/aromatic N) is 3. The fraction of sp³-hybridized carbons (Fsp3) is 0.400. The summed E-state index contributed by atoms with van der Waals surface area (Å²) in [6, 6.07) is 10.8. The second kappa shape index (κ2) is 14.8. The number of sulfonamides is 1. The molecule has 1 heterocycles. The first-order chi connectivity index (χ1) is 19.1. The molecule has 2 aromatic carbocycles. The van der Waals surface area contributed by atoms with E-state index in [0.29, 0.717) is 17.1 Å². The van der Waals surface area contributed by atoms with Crippen molar-refractivity contribution in [1.82, 2.24) is 14.5 Å². The lowest BCUT2D eigenvalue weighted by Crippen LogP contribution is -2.33. The second-order valence-electron chi connectivity index (χ2n) is 8.77. The SMILES string of the molecule is Cc1c(Cl)ccc(S(=O)(=O)N(C)CCOCC(=O)N(C)Cc2ccc(C3=NCCN3)cc2)c1Cl.O=C(O)C(F)(F)F. The first-order valence-corrected chi connectivity index (χ1v) is 14.2. The first kappa shape index (κ1) is 34.3. The zero-order valence-corrected chi connectivity index (χ0v) is 24.7. The predicted octanol–water partition coefficient (Wildman–Crippen LogP) is 3.58. The van der Waals surface area contributed by atoms with E-state index in [1.54, 1.807) is 18.9 Å². The fourth-order valence-corrected chi connectivity index (χ4v) is 5.24. The standard InChI is InChI=1S/C23H28Cl2N4O4S.C2HF3O2/c1-16-19(24)8-9-20(22(16)25)34(31,32)29(3)12-13-33-15-21(30)28(2)14-17-4-6-18(7-5-17)23-26-10-11-27-23;3-2(4,5)1(6)7/h4-9H,10-15H2,1-3H3,(H,26,27);(H,6,7). The Morgan fingerprint density at radius 1 is 1.12 bits per heavy atom. The van der Waals surface area contributed by atoms with Crippen molar-refractivity contribution in [2.45, 2.75) is 24.5 Å². The number of rotatable bonds is 10. The number of hydrogen-bond donors (Lipinski definition) is 2. The number of likely N-dealkylation sites (N-methyl/N-ethyl adjacent to an activating group) is 2. The summed E-state index contributed by atoms with van der Waals surface area (Å²) in [5.74, 6) is -2.06. The van der Waals surface area contributed by atoms with Crippen LogP contribution in [0.15, 0.2) is 46.3 Å². The number of carbonyl (C=O) groups is 2. The van der Waals surface area contributed by atoms with E-state index in [0.717, 1.165) is 34.4 Å². The van der Waals surface area contributed by atoms with Crippen molar-refractivity contribution in [3.05, 3.63) is 63.1 Å². The van der Waals surface area contributed by atoms with Crippen LogP contribution in [-0.2, 0) is 30.9 Å². The maximum Gasteiger partial charge on any atom is 0.490 e. The Morgan fingerprint density at radius 3 is 2.27 bits per heavy atom. The molecule has 2 N–H and O–H groups in total. The third-order valence-electron chi connectivity index (χ3n) is 5.74. The van der Waals surface area contributed by atoms with E-state index in [2.05, 4.69) is 10.3 Å². The van der Waals surface area contributed by atoms with Gasteiger partial charge in [0.25, 0.3) is 0 Å². The van der Waals surface area contributed by atoms with Crippen LogP contribution in [-0.4, -0.2) is 93.6 Å². The monoisotopic (exact) mass is 640 g/mol. The van der Waals surface area contributed by atoms with E-state index >= 15 is 0 Å². The van der Waals surface area contributed by atoms with Crippen molar-refractivity contribution in [3.63, 3.8) is 0 Å². The van der Waals surface area contributed by atoms with Gasteiger partial charge < -0.3 is 20.1 Å². The minimum absolute atomic E-state index is 0.0174. The normalized spacial score (nSPS) is 13.2. The molecule has 10 nitrogen and oxygen atoms in total. The Morgan fingerprint density at radius 2 is 1.73 bits per heavy atom. The number of halogens is 5. The highest BCUT2D eigenvalue weighted by molar-refractivity contribution is 7.89. The van der Waals surface area contributed by atoms with Crippen LogP contribution in [0.3, 0.4) is 0 Å². The quantitative estimate of drug-likeness (QED) is 0.380. The Balaban J connectivity index is 0.000000745. The molecule has 226 valence electrons. The largest absolute Gasteiger partial charge is 0.490 e. The topological polar surface area (TPSA) is 129 Å². The summed E-state index contributed by atoms with van der Waals surface area (Å²) >= 11 is 12.2. The van der Waals surface area contributed by atoms with Gasteiger partial charge in [0.15, 0.2) is 0 Å². The van der Waals surface area contributed by atoms with Crippen LogP contribution in [0.25, 0.3) is 0 Å².